The van der Waals surface area contributed by atoms with Crippen molar-refractivity contribution >= 4 is 40.6 Å². The third-order valence-electron chi connectivity index (χ3n) is 4.66. The maximum Gasteiger partial charge on any atom is 0.234 e. The van der Waals surface area contributed by atoms with Crippen molar-refractivity contribution in [3.8, 4) is 0 Å². The Kier molecular flexibility index (Phi) is 6.90. The number of likely N-dealkylation sites (tertiary alicyclic amines) is 1. The summed E-state index contributed by atoms with van der Waals surface area (Å²) < 4.78 is 0.823. The summed E-state index contributed by atoms with van der Waals surface area (Å²) in [7, 11) is 0. The van der Waals surface area contributed by atoms with Crippen LogP contribution < -0.4 is 5.32 Å². The normalized spacial score (nSPS) is 15.0. The summed E-state index contributed by atoms with van der Waals surface area (Å²) in [5, 5.41) is 4.80. The van der Waals surface area contributed by atoms with Crippen LogP contribution in [0.3, 0.4) is 0 Å². The molecule has 2 heterocycles. The summed E-state index contributed by atoms with van der Waals surface area (Å²) in [5.41, 5.74) is 2.75. The lowest BCUT2D eigenvalue weighted by atomic mass is 9.99. The van der Waals surface area contributed by atoms with Gasteiger partial charge in [0.05, 0.1) is 17.9 Å². The summed E-state index contributed by atoms with van der Waals surface area (Å²) >= 11 is 2.90. The van der Waals surface area contributed by atoms with Gasteiger partial charge >= 0.3 is 0 Å². The van der Waals surface area contributed by atoms with Gasteiger partial charge in [-0.25, -0.2) is 4.98 Å². The average molecular weight is 404 g/mol. The summed E-state index contributed by atoms with van der Waals surface area (Å²) in [6, 6.07) is 7.73. The van der Waals surface area contributed by atoms with E-state index >= 15 is 0 Å². The number of hydrogen-bond acceptors (Lipinski definition) is 5. The monoisotopic (exact) mass is 403 g/mol. The molecule has 1 aromatic heterocycles. The molecule has 0 saturated carbocycles. The van der Waals surface area contributed by atoms with Gasteiger partial charge in [-0.3, -0.25) is 9.59 Å². The number of hydrogen-bond donors (Lipinski definition) is 1. The predicted molar refractivity (Wildman–Crippen MR) is 111 cm³/mol. The minimum atomic E-state index is -0.0564. The van der Waals surface area contributed by atoms with Gasteiger partial charge in [-0.15, -0.1) is 11.3 Å². The number of rotatable bonds is 6. The maximum atomic E-state index is 12.4. The van der Waals surface area contributed by atoms with E-state index in [1.54, 1.807) is 0 Å². The van der Waals surface area contributed by atoms with E-state index in [-0.39, 0.29) is 11.8 Å². The third-order valence-corrected chi connectivity index (χ3v) is 6.73. The van der Waals surface area contributed by atoms with Gasteiger partial charge in [-0.1, -0.05) is 36.4 Å². The predicted octanol–water partition coefficient (Wildman–Crippen LogP) is 3.98. The number of benzene rings is 1. The topological polar surface area (TPSA) is 62.3 Å². The number of aryl methyl sites for hydroxylation is 1. The van der Waals surface area contributed by atoms with Crippen molar-refractivity contribution in [2.45, 2.75) is 37.4 Å². The highest BCUT2D eigenvalue weighted by Crippen LogP contribution is 2.24. The van der Waals surface area contributed by atoms with Gasteiger partial charge in [0.25, 0.3) is 0 Å². The minimum Gasteiger partial charge on any atom is -0.342 e. The second kappa shape index (κ2) is 9.37. The van der Waals surface area contributed by atoms with Crippen LogP contribution in [0.2, 0.25) is 0 Å². The Morgan fingerprint density at radius 2 is 1.96 bits per heavy atom. The molecule has 0 atom stereocenters. The molecule has 1 aromatic carbocycles. The van der Waals surface area contributed by atoms with Crippen LogP contribution >= 0.6 is 23.1 Å². The first kappa shape index (κ1) is 19.9. The van der Waals surface area contributed by atoms with Crippen LogP contribution in [0.5, 0.6) is 0 Å². The number of nitrogens with one attached hydrogen (secondary N) is 1. The minimum absolute atomic E-state index is 0.0564. The lowest BCUT2D eigenvalue weighted by Gasteiger charge is -2.30. The lowest BCUT2D eigenvalue weighted by molar-refractivity contribution is -0.131. The van der Waals surface area contributed by atoms with Crippen LogP contribution in [0, 0.1) is 12.8 Å². The van der Waals surface area contributed by atoms with Gasteiger partial charge < -0.3 is 10.2 Å². The fourth-order valence-corrected chi connectivity index (χ4v) is 4.57. The molecule has 1 saturated heterocycles. The fourth-order valence-electron chi connectivity index (χ4n) is 2.92. The Hall–Kier alpha value is -1.86. The van der Waals surface area contributed by atoms with Crippen LogP contribution in [0.1, 0.15) is 31.0 Å². The van der Waals surface area contributed by atoms with Crippen molar-refractivity contribution in [2.75, 3.05) is 24.2 Å². The van der Waals surface area contributed by atoms with E-state index in [0.717, 1.165) is 47.2 Å². The molecule has 0 spiro atoms. The highest BCUT2D eigenvalue weighted by atomic mass is 32.2. The highest BCUT2D eigenvalue weighted by molar-refractivity contribution is 8.01. The molecule has 2 aromatic rings. The van der Waals surface area contributed by atoms with E-state index in [1.165, 1.54) is 23.1 Å². The molecule has 3 rings (SSSR count). The molecular weight excluding hydrogens is 378 g/mol. The van der Waals surface area contributed by atoms with Gasteiger partial charge in [0.2, 0.25) is 11.8 Å². The molecular formula is C20H25N3O2S2. The van der Waals surface area contributed by atoms with Crippen molar-refractivity contribution in [3.63, 3.8) is 0 Å². The van der Waals surface area contributed by atoms with Crippen molar-refractivity contribution in [1.29, 1.82) is 0 Å². The van der Waals surface area contributed by atoms with E-state index in [1.807, 2.05) is 41.5 Å². The Bertz CT molecular complexity index is 781. The number of aromatic nitrogens is 1. The lowest BCUT2D eigenvalue weighted by Crippen LogP contribution is -2.38. The first-order valence-electron chi connectivity index (χ1n) is 9.21. The number of thiazole rings is 1. The summed E-state index contributed by atoms with van der Waals surface area (Å²) in [6.45, 7) is 5.95. The maximum absolute atomic E-state index is 12.4. The molecule has 0 aliphatic carbocycles. The Balaban J connectivity index is 1.44. The number of thioether (sulfide) groups is 1. The van der Waals surface area contributed by atoms with Crippen molar-refractivity contribution in [1.82, 2.24) is 9.88 Å². The van der Waals surface area contributed by atoms with E-state index in [2.05, 4.69) is 17.2 Å². The molecule has 0 radical (unpaired) electrons. The van der Waals surface area contributed by atoms with Gasteiger partial charge in [0.15, 0.2) is 4.34 Å². The first-order valence-corrected chi connectivity index (χ1v) is 11.1. The van der Waals surface area contributed by atoms with Crippen LogP contribution in [0.15, 0.2) is 34.0 Å². The summed E-state index contributed by atoms with van der Waals surface area (Å²) in [5.74, 6) is 1.11. The molecule has 27 heavy (non-hydrogen) atoms. The zero-order valence-electron chi connectivity index (χ0n) is 15.7. The number of amides is 2. The van der Waals surface area contributed by atoms with E-state index in [0.29, 0.717) is 18.1 Å². The fraction of sp³-hybridized carbons (Fsp3) is 0.450. The second-order valence-electron chi connectivity index (χ2n) is 7.05. The number of anilines is 1. The molecule has 1 aliphatic rings. The molecule has 7 heteroatoms. The summed E-state index contributed by atoms with van der Waals surface area (Å²) in [4.78, 5) is 30.9. The van der Waals surface area contributed by atoms with E-state index in [4.69, 9.17) is 0 Å². The molecule has 2 amide bonds. The van der Waals surface area contributed by atoms with Crippen LogP contribution in [0.4, 0.5) is 5.69 Å². The molecule has 144 valence electrons. The SMILES string of the molecule is Cc1ccc(NC(=O)CSc2nc(CC(=O)N3CCC(C)CC3)cs2)cc1. The Morgan fingerprint density at radius 3 is 2.67 bits per heavy atom. The standard InChI is InChI=1S/C20H25N3O2S2/c1-14-3-5-16(6-4-14)21-18(24)13-27-20-22-17(12-26-20)11-19(25)23-9-7-15(2)8-10-23/h3-6,12,15H,7-11,13H2,1-2H3,(H,21,24). The van der Waals surface area contributed by atoms with E-state index in [9.17, 15) is 9.59 Å². The van der Waals surface area contributed by atoms with Crippen molar-refractivity contribution < 1.29 is 9.59 Å². The van der Waals surface area contributed by atoms with E-state index < -0.39 is 0 Å². The van der Waals surface area contributed by atoms with Crippen LogP contribution in [-0.2, 0) is 16.0 Å². The number of piperidine rings is 1. The van der Waals surface area contributed by atoms with Crippen LogP contribution in [-0.4, -0.2) is 40.5 Å². The number of carbonyl (C=O) groups excluding carboxylic acids is 2. The average Bonchev–Trinajstić information content (AvgIpc) is 3.10. The molecule has 5 nitrogen and oxygen atoms in total. The van der Waals surface area contributed by atoms with Gasteiger partial charge in [-0.05, 0) is 37.8 Å². The Labute approximate surface area is 168 Å². The first-order chi connectivity index (χ1) is 13.0. The molecule has 0 unspecified atom stereocenters. The van der Waals surface area contributed by atoms with Crippen LogP contribution in [0.25, 0.3) is 0 Å². The number of carbonyl (C=O) groups is 2. The van der Waals surface area contributed by atoms with Gasteiger partial charge in [-0.2, -0.15) is 0 Å². The van der Waals surface area contributed by atoms with Gasteiger partial charge in [0, 0.05) is 24.2 Å². The molecule has 1 aliphatic heterocycles. The van der Waals surface area contributed by atoms with Crippen molar-refractivity contribution in [3.05, 3.63) is 40.9 Å². The smallest absolute Gasteiger partial charge is 0.234 e. The summed E-state index contributed by atoms with van der Waals surface area (Å²) in [6.07, 6.45) is 2.51. The zero-order valence-corrected chi connectivity index (χ0v) is 17.4. The highest BCUT2D eigenvalue weighted by Gasteiger charge is 2.21. The second-order valence-corrected chi connectivity index (χ2v) is 9.13. The third kappa shape index (κ3) is 6.07. The molecule has 1 N–H and O–H groups in total. The Morgan fingerprint density at radius 1 is 1.26 bits per heavy atom. The zero-order chi connectivity index (χ0) is 19.2. The van der Waals surface area contributed by atoms with Gasteiger partial charge in [0.1, 0.15) is 0 Å². The largest absolute Gasteiger partial charge is 0.342 e. The molecule has 0 bridgehead atoms. The molecule has 1 fully saturated rings. The number of nitrogens with zero attached hydrogens (tertiary/aromatic N) is 2. The quantitative estimate of drug-likeness (QED) is 0.741. The van der Waals surface area contributed by atoms with Crippen molar-refractivity contribution in [2.24, 2.45) is 5.92 Å².